The lowest BCUT2D eigenvalue weighted by atomic mass is 9.89. The Kier molecular flexibility index (Phi) is 1.19. The van der Waals surface area contributed by atoms with Crippen LogP contribution in [0.5, 0.6) is 0 Å². The van der Waals surface area contributed by atoms with Crippen LogP contribution in [0.4, 0.5) is 0 Å². The van der Waals surface area contributed by atoms with Gasteiger partial charge in [-0.1, -0.05) is 20.8 Å². The molecule has 0 nitrogen and oxygen atoms in total. The summed E-state index contributed by atoms with van der Waals surface area (Å²) in [4.78, 5) is 0. The molecular formula is C10H18. The summed E-state index contributed by atoms with van der Waals surface area (Å²) in [6.07, 6.45) is 4.48. The van der Waals surface area contributed by atoms with Gasteiger partial charge in [-0.05, 0) is 42.4 Å². The van der Waals surface area contributed by atoms with Gasteiger partial charge in [-0.2, -0.15) is 0 Å². The molecule has 0 aromatic heterocycles. The lowest BCUT2D eigenvalue weighted by Crippen LogP contribution is -2.07. The van der Waals surface area contributed by atoms with Crippen LogP contribution < -0.4 is 0 Å². The third-order valence-electron chi connectivity index (χ3n) is 4.23. The second-order valence-electron chi connectivity index (χ2n) is 4.51. The van der Waals surface area contributed by atoms with Crippen LogP contribution in [0.15, 0.2) is 0 Å². The van der Waals surface area contributed by atoms with Gasteiger partial charge >= 0.3 is 0 Å². The standard InChI is InChI=1S/C10H18/c1-4-10-6-9(10)7(2)5-8(10)3/h7-9H,4-6H2,1-3H3. The molecule has 58 valence electrons. The van der Waals surface area contributed by atoms with Gasteiger partial charge in [0.15, 0.2) is 0 Å². The van der Waals surface area contributed by atoms with Crippen molar-refractivity contribution in [3.63, 3.8) is 0 Å². The summed E-state index contributed by atoms with van der Waals surface area (Å²) in [5, 5.41) is 0. The smallest absolute Gasteiger partial charge is 0.0240 e. The molecule has 0 amide bonds. The Hall–Kier alpha value is 0. The van der Waals surface area contributed by atoms with Crippen LogP contribution in [0.3, 0.4) is 0 Å². The lowest BCUT2D eigenvalue weighted by Gasteiger charge is -2.16. The van der Waals surface area contributed by atoms with Crippen LogP contribution in [-0.4, -0.2) is 0 Å². The number of fused-ring (bicyclic) bond motifs is 1. The van der Waals surface area contributed by atoms with E-state index >= 15 is 0 Å². The normalized spacial score (nSPS) is 58.5. The highest BCUT2D eigenvalue weighted by atomic mass is 14.7. The summed E-state index contributed by atoms with van der Waals surface area (Å²) in [6, 6.07) is 0. The molecule has 0 saturated heterocycles. The molecule has 4 atom stereocenters. The zero-order chi connectivity index (χ0) is 7.35. The summed E-state index contributed by atoms with van der Waals surface area (Å²) in [5.74, 6) is 3.18. The third kappa shape index (κ3) is 0.580. The van der Waals surface area contributed by atoms with E-state index in [1.165, 1.54) is 12.8 Å². The van der Waals surface area contributed by atoms with E-state index in [1.807, 2.05) is 0 Å². The van der Waals surface area contributed by atoms with Crippen molar-refractivity contribution in [3.05, 3.63) is 0 Å². The van der Waals surface area contributed by atoms with Gasteiger partial charge < -0.3 is 0 Å². The van der Waals surface area contributed by atoms with Gasteiger partial charge in [0, 0.05) is 0 Å². The zero-order valence-electron chi connectivity index (χ0n) is 7.35. The minimum Gasteiger partial charge on any atom is -0.0648 e. The van der Waals surface area contributed by atoms with E-state index in [1.54, 1.807) is 6.42 Å². The summed E-state index contributed by atoms with van der Waals surface area (Å²) in [6.45, 7) is 7.26. The van der Waals surface area contributed by atoms with Crippen LogP contribution in [0.2, 0.25) is 0 Å². The molecule has 0 spiro atoms. The quantitative estimate of drug-likeness (QED) is 0.522. The molecule has 4 unspecified atom stereocenters. The van der Waals surface area contributed by atoms with Crippen molar-refractivity contribution in [2.45, 2.75) is 40.0 Å². The Morgan fingerprint density at radius 2 is 2.10 bits per heavy atom. The fourth-order valence-corrected chi connectivity index (χ4v) is 3.40. The maximum atomic E-state index is 2.45. The molecule has 0 heteroatoms. The van der Waals surface area contributed by atoms with Gasteiger partial charge in [-0.25, -0.2) is 0 Å². The molecule has 2 aliphatic rings. The van der Waals surface area contributed by atoms with Crippen LogP contribution in [0.1, 0.15) is 40.0 Å². The van der Waals surface area contributed by atoms with Crippen molar-refractivity contribution < 1.29 is 0 Å². The Balaban J connectivity index is 2.16. The molecule has 0 aromatic rings. The molecule has 2 saturated carbocycles. The molecule has 10 heavy (non-hydrogen) atoms. The highest BCUT2D eigenvalue weighted by Crippen LogP contribution is 2.70. The maximum absolute atomic E-state index is 2.45. The zero-order valence-corrected chi connectivity index (χ0v) is 7.35. The van der Waals surface area contributed by atoms with E-state index in [2.05, 4.69) is 20.8 Å². The van der Waals surface area contributed by atoms with Crippen LogP contribution in [0.25, 0.3) is 0 Å². The van der Waals surface area contributed by atoms with E-state index in [-0.39, 0.29) is 0 Å². The van der Waals surface area contributed by atoms with Gasteiger partial charge in [0.25, 0.3) is 0 Å². The monoisotopic (exact) mass is 138 g/mol. The number of hydrogen-bond donors (Lipinski definition) is 0. The highest BCUT2D eigenvalue weighted by Gasteiger charge is 2.62. The third-order valence-corrected chi connectivity index (χ3v) is 4.23. The minimum atomic E-state index is 0.833. The molecule has 0 heterocycles. The number of hydrogen-bond acceptors (Lipinski definition) is 0. The second kappa shape index (κ2) is 1.78. The van der Waals surface area contributed by atoms with Gasteiger partial charge in [0.2, 0.25) is 0 Å². The Bertz CT molecular complexity index is 146. The average molecular weight is 138 g/mol. The Labute approximate surface area is 64.0 Å². The first-order chi connectivity index (χ1) is 4.70. The lowest BCUT2D eigenvalue weighted by molar-refractivity contribution is 0.340. The molecule has 2 rings (SSSR count). The SMILES string of the molecule is CCC12CC1C(C)CC2C. The molecule has 0 aliphatic heterocycles. The fraction of sp³-hybridized carbons (Fsp3) is 1.00. The molecule has 2 fully saturated rings. The highest BCUT2D eigenvalue weighted by molar-refractivity contribution is 5.11. The Morgan fingerprint density at radius 1 is 1.40 bits per heavy atom. The molecule has 0 bridgehead atoms. The number of rotatable bonds is 1. The largest absolute Gasteiger partial charge is 0.0648 e. The van der Waals surface area contributed by atoms with Gasteiger partial charge in [-0.15, -0.1) is 0 Å². The summed E-state index contributed by atoms with van der Waals surface area (Å²) < 4.78 is 0. The molecular weight excluding hydrogens is 120 g/mol. The first-order valence-corrected chi connectivity index (χ1v) is 4.70. The van der Waals surface area contributed by atoms with E-state index in [0.29, 0.717) is 0 Å². The van der Waals surface area contributed by atoms with E-state index < -0.39 is 0 Å². The van der Waals surface area contributed by atoms with Crippen molar-refractivity contribution in [1.29, 1.82) is 0 Å². The first-order valence-electron chi connectivity index (χ1n) is 4.70. The topological polar surface area (TPSA) is 0 Å². The van der Waals surface area contributed by atoms with Crippen molar-refractivity contribution >= 4 is 0 Å². The minimum absolute atomic E-state index is 0.833. The van der Waals surface area contributed by atoms with Crippen molar-refractivity contribution in [3.8, 4) is 0 Å². The summed E-state index contributed by atoms with van der Waals surface area (Å²) >= 11 is 0. The van der Waals surface area contributed by atoms with Crippen LogP contribution in [-0.2, 0) is 0 Å². The van der Waals surface area contributed by atoms with Crippen molar-refractivity contribution in [2.75, 3.05) is 0 Å². The second-order valence-corrected chi connectivity index (χ2v) is 4.51. The van der Waals surface area contributed by atoms with Crippen LogP contribution in [0, 0.1) is 23.2 Å². The average Bonchev–Trinajstić information content (AvgIpc) is 2.57. The van der Waals surface area contributed by atoms with Gasteiger partial charge in [0.1, 0.15) is 0 Å². The predicted octanol–water partition coefficient (Wildman–Crippen LogP) is 3.08. The summed E-state index contributed by atoms with van der Waals surface area (Å²) in [7, 11) is 0. The fourth-order valence-electron chi connectivity index (χ4n) is 3.40. The molecule has 0 aromatic carbocycles. The predicted molar refractivity (Wildman–Crippen MR) is 43.8 cm³/mol. The van der Waals surface area contributed by atoms with E-state index in [9.17, 15) is 0 Å². The maximum Gasteiger partial charge on any atom is -0.0240 e. The molecule has 0 radical (unpaired) electrons. The molecule has 0 N–H and O–H groups in total. The van der Waals surface area contributed by atoms with E-state index in [0.717, 1.165) is 23.2 Å². The van der Waals surface area contributed by atoms with Gasteiger partial charge in [0.05, 0.1) is 0 Å². The summed E-state index contributed by atoms with van der Waals surface area (Å²) in [5.41, 5.74) is 0.833. The first kappa shape index (κ1) is 6.69. The van der Waals surface area contributed by atoms with Gasteiger partial charge in [-0.3, -0.25) is 0 Å². The Morgan fingerprint density at radius 3 is 2.30 bits per heavy atom. The van der Waals surface area contributed by atoms with Crippen molar-refractivity contribution in [2.24, 2.45) is 23.2 Å². The van der Waals surface area contributed by atoms with Crippen LogP contribution >= 0.6 is 0 Å². The van der Waals surface area contributed by atoms with Crippen molar-refractivity contribution in [1.82, 2.24) is 0 Å². The van der Waals surface area contributed by atoms with E-state index in [4.69, 9.17) is 0 Å². The molecule has 2 aliphatic carbocycles.